The molecule has 0 heterocycles. The SMILES string of the molecule is COCOC/C=C/C=C(/C)CC(/C=C/CC(=O)O)O[Si](C)(C)C(C)(C)C. The molecule has 1 atom stereocenters. The van der Waals surface area contributed by atoms with Crippen LogP contribution in [0.1, 0.15) is 40.5 Å². The van der Waals surface area contributed by atoms with E-state index in [9.17, 15) is 4.79 Å². The van der Waals surface area contributed by atoms with Crippen molar-refractivity contribution in [2.75, 3.05) is 20.5 Å². The zero-order chi connectivity index (χ0) is 20.2. The number of methoxy groups -OCH3 is 1. The number of aliphatic carboxylic acids is 1. The highest BCUT2D eigenvalue weighted by Crippen LogP contribution is 2.38. The van der Waals surface area contributed by atoms with Gasteiger partial charge in [-0.2, -0.15) is 0 Å². The van der Waals surface area contributed by atoms with Crippen LogP contribution in [-0.2, 0) is 18.7 Å². The smallest absolute Gasteiger partial charge is 0.307 e. The summed E-state index contributed by atoms with van der Waals surface area (Å²) in [5.41, 5.74) is 1.16. The topological polar surface area (TPSA) is 65.0 Å². The fourth-order valence-electron chi connectivity index (χ4n) is 1.90. The number of hydrogen-bond donors (Lipinski definition) is 1. The van der Waals surface area contributed by atoms with Gasteiger partial charge in [0, 0.05) is 7.11 Å². The molecule has 0 saturated carbocycles. The Kier molecular flexibility index (Phi) is 11.7. The predicted octanol–water partition coefficient (Wildman–Crippen LogP) is 4.92. The first kappa shape index (κ1) is 24.8. The third kappa shape index (κ3) is 11.4. The highest BCUT2D eigenvalue weighted by molar-refractivity contribution is 6.74. The Balaban J connectivity index is 4.94. The molecule has 26 heavy (non-hydrogen) atoms. The van der Waals surface area contributed by atoms with Crippen LogP contribution in [0.25, 0.3) is 0 Å². The number of allylic oxidation sites excluding steroid dienone is 2. The molecule has 1 unspecified atom stereocenters. The molecule has 0 aliphatic rings. The minimum atomic E-state index is -1.94. The van der Waals surface area contributed by atoms with Gasteiger partial charge in [-0.1, -0.05) is 56.7 Å². The van der Waals surface area contributed by atoms with Gasteiger partial charge in [0.1, 0.15) is 6.79 Å². The third-order valence-electron chi connectivity index (χ3n) is 4.35. The molecule has 0 bridgehead atoms. The van der Waals surface area contributed by atoms with Crippen molar-refractivity contribution < 1.29 is 23.8 Å². The Hall–Kier alpha value is -1.21. The Bertz CT molecular complexity index is 501. The van der Waals surface area contributed by atoms with Crippen LogP contribution in [0.15, 0.2) is 36.0 Å². The van der Waals surface area contributed by atoms with Crippen LogP contribution in [0.2, 0.25) is 18.1 Å². The number of carboxylic acid groups (broad SMARTS) is 1. The normalized spacial score (nSPS) is 15.1. The van der Waals surface area contributed by atoms with Crippen molar-refractivity contribution >= 4 is 14.3 Å². The van der Waals surface area contributed by atoms with E-state index in [1.807, 2.05) is 31.2 Å². The van der Waals surface area contributed by atoms with E-state index >= 15 is 0 Å². The van der Waals surface area contributed by atoms with E-state index < -0.39 is 14.3 Å². The zero-order valence-corrected chi connectivity index (χ0v) is 18.4. The first-order chi connectivity index (χ1) is 12.0. The second-order valence-corrected chi connectivity index (χ2v) is 12.6. The minimum Gasteiger partial charge on any atom is -0.481 e. The Morgan fingerprint density at radius 1 is 1.23 bits per heavy atom. The summed E-state index contributed by atoms with van der Waals surface area (Å²) < 4.78 is 16.5. The lowest BCUT2D eigenvalue weighted by atomic mass is 10.1. The maximum atomic E-state index is 10.8. The number of carboxylic acids is 1. The van der Waals surface area contributed by atoms with E-state index in [1.54, 1.807) is 13.2 Å². The number of hydrogen-bond acceptors (Lipinski definition) is 4. The van der Waals surface area contributed by atoms with Crippen LogP contribution in [0, 0.1) is 0 Å². The van der Waals surface area contributed by atoms with E-state index in [1.165, 1.54) is 0 Å². The highest BCUT2D eigenvalue weighted by Gasteiger charge is 2.38. The van der Waals surface area contributed by atoms with Gasteiger partial charge in [0.25, 0.3) is 0 Å². The van der Waals surface area contributed by atoms with Gasteiger partial charge in [-0.25, -0.2) is 0 Å². The second-order valence-electron chi connectivity index (χ2n) is 7.87. The average molecular weight is 385 g/mol. The van der Waals surface area contributed by atoms with Gasteiger partial charge in [0.15, 0.2) is 8.32 Å². The summed E-state index contributed by atoms with van der Waals surface area (Å²) in [6.45, 7) is 13.8. The van der Waals surface area contributed by atoms with E-state index in [0.29, 0.717) is 6.61 Å². The molecule has 0 aromatic carbocycles. The highest BCUT2D eigenvalue weighted by atomic mass is 28.4. The fraction of sp³-hybridized carbons (Fsp3) is 0.650. The zero-order valence-electron chi connectivity index (χ0n) is 17.4. The van der Waals surface area contributed by atoms with E-state index in [4.69, 9.17) is 19.0 Å². The number of ether oxygens (including phenoxy) is 2. The summed E-state index contributed by atoms with van der Waals surface area (Å²) in [4.78, 5) is 10.8. The van der Waals surface area contributed by atoms with Crippen molar-refractivity contribution in [1.82, 2.24) is 0 Å². The van der Waals surface area contributed by atoms with Crippen LogP contribution < -0.4 is 0 Å². The van der Waals surface area contributed by atoms with E-state index in [-0.39, 0.29) is 24.4 Å². The molecule has 6 heteroatoms. The summed E-state index contributed by atoms with van der Waals surface area (Å²) in [5, 5.41) is 8.95. The summed E-state index contributed by atoms with van der Waals surface area (Å²) >= 11 is 0. The summed E-state index contributed by atoms with van der Waals surface area (Å²) in [7, 11) is -0.351. The minimum absolute atomic E-state index is 0.0108. The molecule has 0 amide bonds. The molecule has 0 aliphatic carbocycles. The molecule has 150 valence electrons. The lowest BCUT2D eigenvalue weighted by Crippen LogP contribution is -2.43. The average Bonchev–Trinajstić information content (AvgIpc) is 2.48. The van der Waals surface area contributed by atoms with Crippen LogP contribution in [-0.4, -0.2) is 46.0 Å². The fourth-order valence-corrected chi connectivity index (χ4v) is 3.17. The first-order valence-corrected chi connectivity index (χ1v) is 11.9. The molecule has 0 rings (SSSR count). The van der Waals surface area contributed by atoms with Crippen molar-refractivity contribution in [3.63, 3.8) is 0 Å². The molecular formula is C20H36O5Si. The molecule has 0 fully saturated rings. The van der Waals surface area contributed by atoms with Crippen LogP contribution in [0.5, 0.6) is 0 Å². The molecular weight excluding hydrogens is 348 g/mol. The monoisotopic (exact) mass is 384 g/mol. The Morgan fingerprint density at radius 3 is 2.42 bits per heavy atom. The van der Waals surface area contributed by atoms with E-state index in [2.05, 4.69) is 33.9 Å². The molecule has 0 saturated heterocycles. The predicted molar refractivity (Wildman–Crippen MR) is 109 cm³/mol. The van der Waals surface area contributed by atoms with Gasteiger partial charge in [0.2, 0.25) is 0 Å². The molecule has 5 nitrogen and oxygen atoms in total. The van der Waals surface area contributed by atoms with Crippen LogP contribution in [0.4, 0.5) is 0 Å². The van der Waals surface area contributed by atoms with Crippen molar-refractivity contribution in [3.8, 4) is 0 Å². The van der Waals surface area contributed by atoms with Crippen molar-refractivity contribution in [2.24, 2.45) is 0 Å². The van der Waals surface area contributed by atoms with Crippen molar-refractivity contribution in [2.45, 2.75) is 64.8 Å². The van der Waals surface area contributed by atoms with Crippen LogP contribution >= 0.6 is 0 Å². The van der Waals surface area contributed by atoms with Crippen molar-refractivity contribution in [3.05, 3.63) is 36.0 Å². The molecule has 0 aromatic heterocycles. The molecule has 1 N–H and O–H groups in total. The van der Waals surface area contributed by atoms with Gasteiger partial charge < -0.3 is 19.0 Å². The quantitative estimate of drug-likeness (QED) is 0.170. The lowest BCUT2D eigenvalue weighted by Gasteiger charge is -2.38. The lowest BCUT2D eigenvalue weighted by molar-refractivity contribution is -0.136. The van der Waals surface area contributed by atoms with Gasteiger partial charge in [0.05, 0.1) is 19.1 Å². The summed E-state index contributed by atoms with van der Waals surface area (Å²) in [6.07, 6.45) is 10.1. The standard InChI is InChI=1S/C20H36O5Si/c1-17(11-8-9-14-24-16-23-5)15-18(12-10-13-19(21)22)25-26(6,7)20(2,3)4/h8-12,18H,13-16H2,1-7H3,(H,21,22)/b9-8+,12-10+,17-11-. The molecule has 0 aliphatic heterocycles. The maximum Gasteiger partial charge on any atom is 0.307 e. The second kappa shape index (κ2) is 12.2. The third-order valence-corrected chi connectivity index (χ3v) is 8.86. The van der Waals surface area contributed by atoms with Gasteiger partial charge in [-0.05, 0) is 31.5 Å². The van der Waals surface area contributed by atoms with Gasteiger partial charge in [-0.3, -0.25) is 4.79 Å². The van der Waals surface area contributed by atoms with Crippen molar-refractivity contribution in [1.29, 1.82) is 0 Å². The first-order valence-electron chi connectivity index (χ1n) is 8.95. The number of rotatable bonds is 12. The summed E-state index contributed by atoms with van der Waals surface area (Å²) in [6, 6.07) is 0. The van der Waals surface area contributed by atoms with Gasteiger partial charge in [-0.15, -0.1) is 0 Å². The number of carbonyl (C=O) groups is 1. The van der Waals surface area contributed by atoms with Crippen LogP contribution in [0.3, 0.4) is 0 Å². The Morgan fingerprint density at radius 2 is 1.88 bits per heavy atom. The summed E-state index contributed by atoms with van der Waals surface area (Å²) in [5.74, 6) is -0.835. The molecule has 0 aromatic rings. The largest absolute Gasteiger partial charge is 0.481 e. The molecule has 0 spiro atoms. The van der Waals surface area contributed by atoms with Gasteiger partial charge >= 0.3 is 5.97 Å². The Labute approximate surface area is 159 Å². The maximum absolute atomic E-state index is 10.8. The molecule has 0 radical (unpaired) electrons. The van der Waals surface area contributed by atoms with E-state index in [0.717, 1.165) is 12.0 Å².